The van der Waals surface area contributed by atoms with Crippen LogP contribution >= 0.6 is 46.4 Å². The van der Waals surface area contributed by atoms with E-state index in [0.717, 1.165) is 36.0 Å². The molecule has 2 aliphatic rings. The average Bonchev–Trinajstić information content (AvgIpc) is 3.08. The van der Waals surface area contributed by atoms with E-state index in [1.165, 1.54) is 19.3 Å². The van der Waals surface area contributed by atoms with Crippen molar-refractivity contribution in [3.63, 3.8) is 0 Å². The number of halogens is 4. The first-order valence-electron chi connectivity index (χ1n) is 14.1. The fraction of sp³-hybridized carbons (Fsp3) is 0.419. The van der Waals surface area contributed by atoms with Crippen LogP contribution in [0.5, 0.6) is 0 Å². The van der Waals surface area contributed by atoms with E-state index in [2.05, 4.69) is 15.5 Å². The minimum absolute atomic E-state index is 0.0603. The normalized spacial score (nSPS) is 20.3. The number of rotatable bonds is 8. The molecule has 2 aliphatic heterocycles. The van der Waals surface area contributed by atoms with Gasteiger partial charge in [-0.3, -0.25) is 9.59 Å². The predicted octanol–water partition coefficient (Wildman–Crippen LogP) is 6.82. The number of hydrogen-bond acceptors (Lipinski definition) is 4. The Hall–Kier alpha value is -2.06. The van der Waals surface area contributed by atoms with Crippen LogP contribution < -0.4 is 10.6 Å². The quantitative estimate of drug-likeness (QED) is 0.285. The average molecular weight is 636 g/mol. The summed E-state index contributed by atoms with van der Waals surface area (Å²) in [5.74, 6) is -0.161. The van der Waals surface area contributed by atoms with Crippen molar-refractivity contribution in [2.24, 2.45) is 0 Å². The molecule has 0 unspecified atom stereocenters. The van der Waals surface area contributed by atoms with Gasteiger partial charge in [0, 0.05) is 58.2 Å². The lowest BCUT2D eigenvalue weighted by Gasteiger charge is -2.30. The van der Waals surface area contributed by atoms with Gasteiger partial charge in [0.1, 0.15) is 0 Å². The third-order valence-corrected chi connectivity index (χ3v) is 8.97. The molecule has 0 radical (unpaired) electrons. The molecular weight excluding hydrogens is 602 g/mol. The van der Waals surface area contributed by atoms with Gasteiger partial charge in [-0.15, -0.1) is 0 Å². The van der Waals surface area contributed by atoms with Gasteiger partial charge in [-0.2, -0.15) is 0 Å². The lowest BCUT2D eigenvalue weighted by atomic mass is 10.1. The van der Waals surface area contributed by atoms with Gasteiger partial charge in [0.15, 0.2) is 0 Å². The van der Waals surface area contributed by atoms with E-state index in [1.807, 2.05) is 29.2 Å². The molecule has 0 saturated carbocycles. The van der Waals surface area contributed by atoms with Crippen LogP contribution in [0.15, 0.2) is 48.5 Å². The maximum Gasteiger partial charge on any atom is 0.251 e. The minimum Gasteiger partial charge on any atom is -0.350 e. The topological polar surface area (TPSA) is 64.7 Å². The molecule has 2 atom stereocenters. The van der Waals surface area contributed by atoms with Gasteiger partial charge in [-0.05, 0) is 86.1 Å². The van der Waals surface area contributed by atoms with E-state index < -0.39 is 0 Å². The summed E-state index contributed by atoms with van der Waals surface area (Å²) < 4.78 is 0. The molecule has 0 spiro atoms. The SMILES string of the molecule is O=C(NC[C@H]1CCN(Cc2cc(Cl)cc(Cl)c2)C(=O)[C@@H](CCN2CCCCC2)N1)c1cc(Cl)c2c(Cl)cccc2c1. The molecule has 2 saturated heterocycles. The van der Waals surface area contributed by atoms with Gasteiger partial charge in [0.25, 0.3) is 5.91 Å². The van der Waals surface area contributed by atoms with E-state index in [0.29, 0.717) is 58.1 Å². The number of nitrogens with zero attached hydrogens (tertiary/aromatic N) is 2. The third-order valence-electron chi connectivity index (χ3n) is 7.92. The van der Waals surface area contributed by atoms with Crippen LogP contribution in [0, 0.1) is 0 Å². The van der Waals surface area contributed by atoms with Crippen molar-refractivity contribution >= 4 is 69.0 Å². The van der Waals surface area contributed by atoms with Crippen molar-refractivity contribution < 1.29 is 9.59 Å². The molecule has 3 aromatic rings. The van der Waals surface area contributed by atoms with Crippen LogP contribution in [0.3, 0.4) is 0 Å². The lowest BCUT2D eigenvalue weighted by molar-refractivity contribution is -0.133. The smallest absolute Gasteiger partial charge is 0.251 e. The van der Waals surface area contributed by atoms with E-state index in [4.69, 9.17) is 46.4 Å². The van der Waals surface area contributed by atoms with E-state index in [9.17, 15) is 9.59 Å². The van der Waals surface area contributed by atoms with Gasteiger partial charge < -0.3 is 20.4 Å². The van der Waals surface area contributed by atoms with Crippen molar-refractivity contribution in [2.45, 2.75) is 50.7 Å². The summed E-state index contributed by atoms with van der Waals surface area (Å²) in [6.07, 6.45) is 5.07. The fourth-order valence-corrected chi connectivity index (χ4v) is 7.04. The highest BCUT2D eigenvalue weighted by atomic mass is 35.5. The van der Waals surface area contributed by atoms with Crippen LogP contribution in [0.4, 0.5) is 0 Å². The molecule has 0 aromatic heterocycles. The second-order valence-corrected chi connectivity index (χ2v) is 12.6. The van der Waals surface area contributed by atoms with Crippen LogP contribution in [-0.2, 0) is 11.3 Å². The van der Waals surface area contributed by atoms with Crippen molar-refractivity contribution in [3.8, 4) is 0 Å². The molecule has 41 heavy (non-hydrogen) atoms. The molecular formula is C31H34Cl4N4O2. The molecule has 2 N–H and O–H groups in total. The van der Waals surface area contributed by atoms with Crippen molar-refractivity contribution in [1.29, 1.82) is 0 Å². The van der Waals surface area contributed by atoms with E-state index in [-0.39, 0.29) is 23.9 Å². The van der Waals surface area contributed by atoms with Crippen LogP contribution in [0.1, 0.15) is 48.0 Å². The number of carbonyl (C=O) groups excluding carboxylic acids is 2. The molecule has 2 fully saturated rings. The number of fused-ring (bicyclic) bond motifs is 1. The number of piperidine rings is 1. The molecule has 218 valence electrons. The van der Waals surface area contributed by atoms with Gasteiger partial charge in [0.05, 0.1) is 11.1 Å². The van der Waals surface area contributed by atoms with E-state index in [1.54, 1.807) is 24.3 Å². The summed E-state index contributed by atoms with van der Waals surface area (Å²) in [7, 11) is 0. The van der Waals surface area contributed by atoms with Gasteiger partial charge in [-0.1, -0.05) is 65.0 Å². The molecule has 2 amide bonds. The fourth-order valence-electron chi connectivity index (χ4n) is 5.80. The molecule has 6 nitrogen and oxygen atoms in total. The predicted molar refractivity (Wildman–Crippen MR) is 168 cm³/mol. The molecule has 2 heterocycles. The number of amides is 2. The monoisotopic (exact) mass is 634 g/mol. The largest absolute Gasteiger partial charge is 0.350 e. The summed E-state index contributed by atoms with van der Waals surface area (Å²) in [6, 6.07) is 13.9. The molecule has 3 aromatic carbocycles. The van der Waals surface area contributed by atoms with E-state index >= 15 is 0 Å². The zero-order valence-corrected chi connectivity index (χ0v) is 25.8. The third kappa shape index (κ3) is 7.86. The number of carbonyl (C=O) groups is 2. The summed E-state index contributed by atoms with van der Waals surface area (Å²) in [4.78, 5) is 31.2. The second-order valence-electron chi connectivity index (χ2n) is 10.9. The second kappa shape index (κ2) is 13.9. The summed E-state index contributed by atoms with van der Waals surface area (Å²) in [5.41, 5.74) is 1.36. The lowest BCUT2D eigenvalue weighted by Crippen LogP contribution is -2.50. The number of nitrogens with one attached hydrogen (secondary N) is 2. The van der Waals surface area contributed by atoms with Crippen LogP contribution in [-0.4, -0.2) is 66.4 Å². The highest BCUT2D eigenvalue weighted by Gasteiger charge is 2.31. The first-order valence-corrected chi connectivity index (χ1v) is 15.7. The number of hydrogen-bond donors (Lipinski definition) is 2. The van der Waals surface area contributed by atoms with Crippen LogP contribution in [0.2, 0.25) is 20.1 Å². The maximum atomic E-state index is 13.8. The molecule has 5 rings (SSSR count). The Morgan fingerprint density at radius 2 is 1.68 bits per heavy atom. The van der Waals surface area contributed by atoms with Crippen molar-refractivity contribution in [2.75, 3.05) is 32.7 Å². The van der Waals surface area contributed by atoms with Gasteiger partial charge >= 0.3 is 0 Å². The summed E-state index contributed by atoms with van der Waals surface area (Å²) in [5, 5.41) is 10.2. The minimum atomic E-state index is -0.353. The molecule has 0 aliphatic carbocycles. The molecule has 10 heteroatoms. The van der Waals surface area contributed by atoms with Gasteiger partial charge in [-0.25, -0.2) is 0 Å². The van der Waals surface area contributed by atoms with Crippen LogP contribution in [0.25, 0.3) is 10.8 Å². The molecule has 0 bridgehead atoms. The number of likely N-dealkylation sites (tertiary alicyclic amines) is 1. The first kappa shape index (κ1) is 30.4. The maximum absolute atomic E-state index is 13.8. The van der Waals surface area contributed by atoms with Gasteiger partial charge in [0.2, 0.25) is 5.91 Å². The Labute approximate surface area is 261 Å². The van der Waals surface area contributed by atoms with Crippen molar-refractivity contribution in [3.05, 3.63) is 79.7 Å². The van der Waals surface area contributed by atoms with Crippen molar-refractivity contribution in [1.82, 2.24) is 20.4 Å². The standard InChI is InChI=1S/C31H34Cl4N4O2/c32-23-13-20(14-24(33)17-23)19-39-12-7-25(37-28(31(39)41)8-11-38-9-2-1-3-10-38)18-36-30(40)22-15-21-5-4-6-26(34)29(21)27(35)16-22/h4-6,13-17,25,28,37H,1-3,7-12,18-19H2,(H,36,40)/t25-,28-/m1/s1. The Balaban J connectivity index is 1.28. The Bertz CT molecular complexity index is 1390. The highest BCUT2D eigenvalue weighted by molar-refractivity contribution is 6.42. The highest BCUT2D eigenvalue weighted by Crippen LogP contribution is 2.31. The summed E-state index contributed by atoms with van der Waals surface area (Å²) >= 11 is 25.3. The Morgan fingerprint density at radius 3 is 2.44 bits per heavy atom. The zero-order chi connectivity index (χ0) is 28.9. The number of benzene rings is 3. The summed E-state index contributed by atoms with van der Waals surface area (Å²) in [6.45, 7) is 4.37. The zero-order valence-electron chi connectivity index (χ0n) is 22.8. The first-order chi connectivity index (χ1) is 19.8. The Morgan fingerprint density at radius 1 is 0.927 bits per heavy atom. The Kier molecular flexibility index (Phi) is 10.3.